The molecule has 0 saturated carbocycles. The lowest BCUT2D eigenvalue weighted by Gasteiger charge is -2.18. The SMILES string of the molecule is O=C(O)CCCC(=O)N1CC(CCl)c2c1cc(O)c1ccccc21. The molecule has 126 valence electrons. The number of carbonyl (C=O) groups is 2. The third-order valence-corrected chi connectivity index (χ3v) is 4.79. The smallest absolute Gasteiger partial charge is 0.303 e. The Hall–Kier alpha value is -2.27. The van der Waals surface area contributed by atoms with Crippen LogP contribution in [-0.4, -0.2) is 34.5 Å². The highest BCUT2D eigenvalue weighted by Crippen LogP contribution is 2.45. The number of anilines is 1. The van der Waals surface area contributed by atoms with Crippen LogP contribution < -0.4 is 4.90 Å². The zero-order chi connectivity index (χ0) is 17.3. The number of carbonyl (C=O) groups excluding carboxylic acids is 1. The van der Waals surface area contributed by atoms with Gasteiger partial charge in [0.05, 0.1) is 5.69 Å². The van der Waals surface area contributed by atoms with Crippen LogP contribution in [0.3, 0.4) is 0 Å². The normalized spacial score (nSPS) is 16.4. The first-order chi connectivity index (χ1) is 11.5. The van der Waals surface area contributed by atoms with Gasteiger partial charge in [-0.2, -0.15) is 0 Å². The number of amides is 1. The Bertz CT molecular complexity index is 805. The minimum atomic E-state index is -0.910. The number of carboxylic acid groups (broad SMARTS) is 1. The Morgan fingerprint density at radius 3 is 2.58 bits per heavy atom. The molecule has 1 heterocycles. The standard InChI is InChI=1S/C18H18ClNO4/c19-9-11-10-20(16(22)6-3-7-17(23)24)14-8-15(21)12-4-1-2-5-13(12)18(11)14/h1-2,4-5,8,11,21H,3,6-7,9-10H2,(H,23,24). The van der Waals surface area contributed by atoms with Gasteiger partial charge in [0, 0.05) is 42.6 Å². The molecule has 0 spiro atoms. The highest BCUT2D eigenvalue weighted by molar-refractivity contribution is 6.19. The largest absolute Gasteiger partial charge is 0.507 e. The van der Waals surface area contributed by atoms with Gasteiger partial charge < -0.3 is 15.1 Å². The number of fused-ring (bicyclic) bond motifs is 3. The summed E-state index contributed by atoms with van der Waals surface area (Å²) >= 11 is 6.11. The summed E-state index contributed by atoms with van der Waals surface area (Å²) in [4.78, 5) is 24.7. The van der Waals surface area contributed by atoms with Crippen molar-refractivity contribution >= 4 is 39.9 Å². The first-order valence-electron chi connectivity index (χ1n) is 7.85. The van der Waals surface area contributed by atoms with E-state index in [1.807, 2.05) is 24.3 Å². The molecule has 24 heavy (non-hydrogen) atoms. The zero-order valence-corrected chi connectivity index (χ0v) is 13.8. The van der Waals surface area contributed by atoms with Crippen LogP contribution >= 0.6 is 11.6 Å². The molecule has 1 unspecified atom stereocenters. The van der Waals surface area contributed by atoms with Gasteiger partial charge in [-0.3, -0.25) is 9.59 Å². The van der Waals surface area contributed by atoms with Crippen LogP contribution in [0.15, 0.2) is 30.3 Å². The van der Waals surface area contributed by atoms with Gasteiger partial charge in [0.15, 0.2) is 0 Å². The first-order valence-corrected chi connectivity index (χ1v) is 8.39. The summed E-state index contributed by atoms with van der Waals surface area (Å²) in [5.41, 5.74) is 1.65. The lowest BCUT2D eigenvalue weighted by atomic mass is 9.95. The van der Waals surface area contributed by atoms with Crippen LogP contribution in [0.4, 0.5) is 5.69 Å². The number of benzene rings is 2. The van der Waals surface area contributed by atoms with Crippen LogP contribution in [-0.2, 0) is 9.59 Å². The van der Waals surface area contributed by atoms with Crippen molar-refractivity contribution in [3.63, 3.8) is 0 Å². The van der Waals surface area contributed by atoms with Gasteiger partial charge in [-0.05, 0) is 17.4 Å². The topological polar surface area (TPSA) is 77.8 Å². The first kappa shape index (κ1) is 16.6. The fourth-order valence-corrected chi connectivity index (χ4v) is 3.57. The number of aliphatic carboxylic acids is 1. The van der Waals surface area contributed by atoms with E-state index in [0.29, 0.717) is 24.5 Å². The van der Waals surface area contributed by atoms with Crippen LogP contribution in [0, 0.1) is 0 Å². The van der Waals surface area contributed by atoms with Gasteiger partial charge in [-0.1, -0.05) is 24.3 Å². The minimum absolute atomic E-state index is 0.00408. The molecule has 2 aromatic carbocycles. The van der Waals surface area contributed by atoms with Gasteiger partial charge >= 0.3 is 5.97 Å². The number of aromatic hydroxyl groups is 1. The molecule has 2 N–H and O–H groups in total. The van der Waals surface area contributed by atoms with Gasteiger partial charge in [0.1, 0.15) is 5.75 Å². The van der Waals surface area contributed by atoms with Crippen molar-refractivity contribution in [3.05, 3.63) is 35.9 Å². The van der Waals surface area contributed by atoms with Crippen molar-refractivity contribution in [2.45, 2.75) is 25.2 Å². The van der Waals surface area contributed by atoms with Gasteiger partial charge in [0.25, 0.3) is 0 Å². The van der Waals surface area contributed by atoms with Crippen molar-refractivity contribution < 1.29 is 19.8 Å². The van der Waals surface area contributed by atoms with Crippen molar-refractivity contribution in [1.29, 1.82) is 0 Å². The van der Waals surface area contributed by atoms with Crippen LogP contribution in [0.1, 0.15) is 30.7 Å². The second-order valence-corrected chi connectivity index (χ2v) is 6.29. The van der Waals surface area contributed by atoms with E-state index in [0.717, 1.165) is 16.3 Å². The summed E-state index contributed by atoms with van der Waals surface area (Å²) in [5, 5.41) is 20.6. The molecule has 0 bridgehead atoms. The molecule has 0 saturated heterocycles. The third-order valence-electron chi connectivity index (χ3n) is 4.41. The van der Waals surface area contributed by atoms with Crippen molar-refractivity contribution in [2.75, 3.05) is 17.3 Å². The maximum Gasteiger partial charge on any atom is 0.303 e. The summed E-state index contributed by atoms with van der Waals surface area (Å²) < 4.78 is 0. The minimum Gasteiger partial charge on any atom is -0.507 e. The molecule has 0 radical (unpaired) electrons. The number of hydrogen-bond acceptors (Lipinski definition) is 3. The molecule has 0 aromatic heterocycles. The fraction of sp³-hybridized carbons (Fsp3) is 0.333. The number of carboxylic acids is 1. The number of phenolic OH excluding ortho intramolecular Hbond substituents is 1. The van der Waals surface area contributed by atoms with E-state index >= 15 is 0 Å². The van der Waals surface area contributed by atoms with Gasteiger partial charge in [-0.15, -0.1) is 11.6 Å². The van der Waals surface area contributed by atoms with E-state index in [2.05, 4.69) is 0 Å². The molecule has 1 amide bonds. The lowest BCUT2D eigenvalue weighted by Crippen LogP contribution is -2.29. The number of rotatable bonds is 5. The molecule has 1 aliphatic heterocycles. The summed E-state index contributed by atoms with van der Waals surface area (Å²) in [6.45, 7) is 0.457. The number of halogens is 1. The van der Waals surface area contributed by atoms with E-state index in [-0.39, 0.29) is 30.4 Å². The van der Waals surface area contributed by atoms with Crippen LogP contribution in [0.25, 0.3) is 10.8 Å². The molecule has 3 rings (SSSR count). The molecular weight excluding hydrogens is 330 g/mol. The Balaban J connectivity index is 1.97. The Morgan fingerprint density at radius 1 is 1.21 bits per heavy atom. The van der Waals surface area contributed by atoms with Gasteiger partial charge in [0.2, 0.25) is 5.91 Å². The highest BCUT2D eigenvalue weighted by Gasteiger charge is 2.34. The maximum atomic E-state index is 12.5. The predicted octanol–water partition coefficient (Wildman–Crippen LogP) is 3.47. The monoisotopic (exact) mass is 347 g/mol. The van der Waals surface area contributed by atoms with Crippen molar-refractivity contribution in [3.8, 4) is 5.75 Å². The quantitative estimate of drug-likeness (QED) is 0.812. The molecular formula is C18H18ClNO4. The molecule has 5 nitrogen and oxygen atoms in total. The summed E-state index contributed by atoms with van der Waals surface area (Å²) in [5.74, 6) is -0.550. The van der Waals surface area contributed by atoms with E-state index in [9.17, 15) is 14.7 Å². The van der Waals surface area contributed by atoms with E-state index in [4.69, 9.17) is 16.7 Å². The number of phenols is 1. The third kappa shape index (κ3) is 2.91. The lowest BCUT2D eigenvalue weighted by molar-refractivity contribution is -0.137. The Morgan fingerprint density at radius 2 is 1.92 bits per heavy atom. The fourth-order valence-electron chi connectivity index (χ4n) is 3.31. The Labute approximate surface area is 144 Å². The number of hydrogen-bond donors (Lipinski definition) is 2. The zero-order valence-electron chi connectivity index (χ0n) is 13.0. The number of nitrogens with zero attached hydrogens (tertiary/aromatic N) is 1. The summed E-state index contributed by atoms with van der Waals surface area (Å²) in [7, 11) is 0. The molecule has 0 fully saturated rings. The van der Waals surface area contributed by atoms with E-state index in [1.165, 1.54) is 0 Å². The van der Waals surface area contributed by atoms with Crippen molar-refractivity contribution in [2.24, 2.45) is 0 Å². The molecule has 1 aliphatic rings. The predicted molar refractivity (Wildman–Crippen MR) is 92.9 cm³/mol. The average Bonchev–Trinajstić information content (AvgIpc) is 2.93. The maximum absolute atomic E-state index is 12.5. The molecule has 2 aromatic rings. The van der Waals surface area contributed by atoms with Gasteiger partial charge in [-0.25, -0.2) is 0 Å². The molecule has 1 atom stereocenters. The second-order valence-electron chi connectivity index (χ2n) is 5.98. The second kappa shape index (κ2) is 6.69. The van der Waals surface area contributed by atoms with Crippen LogP contribution in [0.5, 0.6) is 5.75 Å². The summed E-state index contributed by atoms with van der Waals surface area (Å²) in [6, 6.07) is 9.12. The average molecular weight is 348 g/mol. The van der Waals surface area contributed by atoms with Crippen molar-refractivity contribution in [1.82, 2.24) is 0 Å². The summed E-state index contributed by atoms with van der Waals surface area (Å²) in [6.07, 6.45) is 0.424. The highest BCUT2D eigenvalue weighted by atomic mass is 35.5. The number of alkyl halides is 1. The van der Waals surface area contributed by atoms with Crippen LogP contribution in [0.2, 0.25) is 0 Å². The molecule has 0 aliphatic carbocycles. The Kier molecular flexibility index (Phi) is 4.62. The van der Waals surface area contributed by atoms with E-state index < -0.39 is 5.97 Å². The molecule has 6 heteroatoms. The van der Waals surface area contributed by atoms with E-state index in [1.54, 1.807) is 11.0 Å².